The van der Waals surface area contributed by atoms with Crippen LogP contribution in [0.3, 0.4) is 0 Å². The van der Waals surface area contributed by atoms with Crippen LogP contribution in [0.15, 0.2) is 41.5 Å². The molecule has 0 unspecified atom stereocenters. The quantitative estimate of drug-likeness (QED) is 0.746. The molecule has 140 valence electrons. The molecule has 0 atom stereocenters. The Hall–Kier alpha value is -2.31. The largest absolute Gasteiger partial charge is 0.306 e. The van der Waals surface area contributed by atoms with Gasteiger partial charge in [-0.15, -0.1) is 11.3 Å². The molecule has 4 rings (SSSR count). The monoisotopic (exact) mass is 380 g/mol. The van der Waals surface area contributed by atoms with E-state index < -0.39 is 0 Å². The van der Waals surface area contributed by atoms with Crippen LogP contribution in [0, 0.1) is 13.8 Å². The minimum Gasteiger partial charge on any atom is -0.306 e. The van der Waals surface area contributed by atoms with Crippen molar-refractivity contribution in [3.63, 3.8) is 0 Å². The van der Waals surface area contributed by atoms with E-state index in [-0.39, 0.29) is 5.56 Å². The van der Waals surface area contributed by atoms with Gasteiger partial charge in [0.2, 0.25) is 0 Å². The first kappa shape index (κ1) is 18.1. The lowest BCUT2D eigenvalue weighted by Gasteiger charge is -2.31. The fraction of sp³-hybridized carbons (Fsp3) is 0.381. The van der Waals surface area contributed by atoms with Crippen LogP contribution in [0.5, 0.6) is 0 Å². The Morgan fingerprint density at radius 3 is 2.74 bits per heavy atom. The Morgan fingerprint density at radius 1 is 1.26 bits per heavy atom. The van der Waals surface area contributed by atoms with Gasteiger partial charge in [-0.2, -0.15) is 0 Å². The molecule has 5 nitrogen and oxygen atoms in total. The van der Waals surface area contributed by atoms with E-state index in [1.54, 1.807) is 18.5 Å². The maximum Gasteiger partial charge on any atom is 0.251 e. The van der Waals surface area contributed by atoms with Crippen LogP contribution in [0.2, 0.25) is 0 Å². The number of hydrogen-bond donors (Lipinski definition) is 1. The summed E-state index contributed by atoms with van der Waals surface area (Å²) in [5.74, 6) is 0.946. The van der Waals surface area contributed by atoms with Crippen molar-refractivity contribution in [2.45, 2.75) is 39.2 Å². The average Bonchev–Trinajstić information content (AvgIpc) is 2.99. The van der Waals surface area contributed by atoms with Crippen LogP contribution in [0.1, 0.15) is 39.8 Å². The Bertz CT molecular complexity index is 971. The molecule has 0 bridgehead atoms. The number of piperidine rings is 1. The van der Waals surface area contributed by atoms with Gasteiger partial charge in [0.1, 0.15) is 5.82 Å². The number of nitrogens with zero attached hydrogens (tertiary/aromatic N) is 3. The molecule has 0 aromatic carbocycles. The van der Waals surface area contributed by atoms with Crippen molar-refractivity contribution in [3.05, 3.63) is 68.0 Å². The maximum atomic E-state index is 12.1. The molecule has 27 heavy (non-hydrogen) atoms. The van der Waals surface area contributed by atoms with Crippen molar-refractivity contribution in [2.75, 3.05) is 13.1 Å². The maximum absolute atomic E-state index is 12.1. The van der Waals surface area contributed by atoms with E-state index in [0.717, 1.165) is 43.7 Å². The summed E-state index contributed by atoms with van der Waals surface area (Å²) in [6.45, 7) is 7.48. The van der Waals surface area contributed by atoms with E-state index in [1.165, 1.54) is 15.3 Å². The smallest absolute Gasteiger partial charge is 0.251 e. The standard InChI is InChI=1S/C21H24N4OS/c1-14-10-18(15(2)27-14)13-25-8-5-16(6-9-25)19-11-20(26)24-21(23-19)17-4-3-7-22-12-17/h3-4,7,10-12,16H,5-6,8-9,13H2,1-2H3,(H,23,24,26). The number of hydrogen-bond acceptors (Lipinski definition) is 5. The number of pyridine rings is 1. The third kappa shape index (κ3) is 4.17. The Balaban J connectivity index is 1.46. The summed E-state index contributed by atoms with van der Waals surface area (Å²) < 4.78 is 0. The summed E-state index contributed by atoms with van der Waals surface area (Å²) in [4.78, 5) is 29.2. The van der Waals surface area contributed by atoms with E-state index in [9.17, 15) is 4.79 Å². The van der Waals surface area contributed by atoms with Gasteiger partial charge in [-0.25, -0.2) is 4.98 Å². The highest BCUT2D eigenvalue weighted by Crippen LogP contribution is 2.29. The Labute approximate surface area is 163 Å². The molecule has 1 saturated heterocycles. The molecule has 3 aromatic rings. The summed E-state index contributed by atoms with van der Waals surface area (Å²) >= 11 is 1.88. The average molecular weight is 381 g/mol. The van der Waals surface area contributed by atoms with E-state index in [0.29, 0.717) is 11.7 Å². The molecular formula is C21H24N4OS. The number of rotatable bonds is 4. The molecule has 1 fully saturated rings. The highest BCUT2D eigenvalue weighted by atomic mass is 32.1. The number of likely N-dealkylation sites (tertiary alicyclic amines) is 1. The van der Waals surface area contributed by atoms with Crippen molar-refractivity contribution in [3.8, 4) is 11.4 Å². The fourth-order valence-corrected chi connectivity index (χ4v) is 4.73. The molecule has 0 saturated carbocycles. The number of thiophene rings is 1. The van der Waals surface area contributed by atoms with Gasteiger partial charge in [0.15, 0.2) is 0 Å². The lowest BCUT2D eigenvalue weighted by atomic mass is 9.93. The lowest BCUT2D eigenvalue weighted by molar-refractivity contribution is 0.203. The number of aromatic nitrogens is 3. The summed E-state index contributed by atoms with van der Waals surface area (Å²) in [5.41, 5.74) is 3.10. The highest BCUT2D eigenvalue weighted by Gasteiger charge is 2.23. The normalized spacial score (nSPS) is 15.9. The van der Waals surface area contributed by atoms with Crippen LogP contribution < -0.4 is 5.56 Å². The van der Waals surface area contributed by atoms with Gasteiger partial charge in [0.05, 0.1) is 5.69 Å². The first-order chi connectivity index (χ1) is 13.1. The minimum atomic E-state index is -0.0920. The van der Waals surface area contributed by atoms with Crippen molar-refractivity contribution < 1.29 is 0 Å². The van der Waals surface area contributed by atoms with Gasteiger partial charge in [-0.05, 0) is 63.5 Å². The molecule has 0 aliphatic carbocycles. The van der Waals surface area contributed by atoms with Crippen molar-refractivity contribution in [1.82, 2.24) is 19.9 Å². The summed E-state index contributed by atoms with van der Waals surface area (Å²) in [6.07, 6.45) is 5.52. The number of aromatic amines is 1. The van der Waals surface area contributed by atoms with Gasteiger partial charge in [0.25, 0.3) is 5.56 Å². The Morgan fingerprint density at radius 2 is 2.07 bits per heavy atom. The van der Waals surface area contributed by atoms with E-state index in [1.807, 2.05) is 23.5 Å². The molecule has 1 aliphatic heterocycles. The first-order valence-electron chi connectivity index (χ1n) is 9.38. The van der Waals surface area contributed by atoms with E-state index >= 15 is 0 Å². The second-order valence-corrected chi connectivity index (χ2v) is 8.71. The van der Waals surface area contributed by atoms with Gasteiger partial charge in [-0.1, -0.05) is 0 Å². The highest BCUT2D eigenvalue weighted by molar-refractivity contribution is 7.12. The van der Waals surface area contributed by atoms with Gasteiger partial charge in [0, 0.05) is 46.2 Å². The number of nitrogens with one attached hydrogen (secondary N) is 1. The number of aryl methyl sites for hydroxylation is 2. The van der Waals surface area contributed by atoms with E-state index in [4.69, 9.17) is 4.98 Å². The van der Waals surface area contributed by atoms with E-state index in [2.05, 4.69) is 34.8 Å². The molecule has 0 spiro atoms. The van der Waals surface area contributed by atoms with Gasteiger partial charge >= 0.3 is 0 Å². The van der Waals surface area contributed by atoms with Gasteiger partial charge < -0.3 is 4.98 Å². The lowest BCUT2D eigenvalue weighted by Crippen LogP contribution is -2.33. The number of H-pyrrole nitrogens is 1. The summed E-state index contributed by atoms with van der Waals surface area (Å²) in [6, 6.07) is 7.74. The fourth-order valence-electron chi connectivity index (χ4n) is 3.79. The zero-order valence-corrected chi connectivity index (χ0v) is 16.6. The topological polar surface area (TPSA) is 61.9 Å². The molecule has 3 aromatic heterocycles. The summed E-state index contributed by atoms with van der Waals surface area (Å²) in [7, 11) is 0. The van der Waals surface area contributed by atoms with Crippen LogP contribution in [0.4, 0.5) is 0 Å². The van der Waals surface area contributed by atoms with Gasteiger partial charge in [-0.3, -0.25) is 14.7 Å². The Kier molecular flexibility index (Phi) is 5.18. The zero-order chi connectivity index (χ0) is 18.8. The summed E-state index contributed by atoms with van der Waals surface area (Å²) in [5, 5.41) is 0. The predicted molar refractivity (Wildman–Crippen MR) is 109 cm³/mol. The first-order valence-corrected chi connectivity index (χ1v) is 10.2. The van der Waals surface area contributed by atoms with Crippen molar-refractivity contribution >= 4 is 11.3 Å². The molecule has 0 radical (unpaired) electrons. The molecule has 6 heteroatoms. The molecular weight excluding hydrogens is 356 g/mol. The molecule has 1 N–H and O–H groups in total. The SMILES string of the molecule is Cc1cc(CN2CCC(c3cc(=O)[nH]c(-c4cccnc4)n3)CC2)c(C)s1. The zero-order valence-electron chi connectivity index (χ0n) is 15.7. The van der Waals surface area contributed by atoms with Crippen LogP contribution in [-0.2, 0) is 6.54 Å². The van der Waals surface area contributed by atoms with Crippen molar-refractivity contribution in [1.29, 1.82) is 0 Å². The predicted octanol–water partition coefficient (Wildman–Crippen LogP) is 3.89. The molecule has 0 amide bonds. The second kappa shape index (κ2) is 7.74. The molecule has 4 heterocycles. The third-order valence-electron chi connectivity index (χ3n) is 5.24. The second-order valence-electron chi connectivity index (χ2n) is 7.25. The van der Waals surface area contributed by atoms with Crippen LogP contribution >= 0.6 is 11.3 Å². The molecule has 1 aliphatic rings. The minimum absolute atomic E-state index is 0.0920. The van der Waals surface area contributed by atoms with Crippen LogP contribution in [0.25, 0.3) is 11.4 Å². The van der Waals surface area contributed by atoms with Crippen molar-refractivity contribution in [2.24, 2.45) is 0 Å². The third-order valence-corrected chi connectivity index (χ3v) is 6.25. The van der Waals surface area contributed by atoms with Crippen LogP contribution in [-0.4, -0.2) is 32.9 Å².